The molecular weight excluding hydrogens is 316 g/mol. The first-order valence-corrected chi connectivity index (χ1v) is 7.61. The fraction of sp³-hybridized carbons (Fsp3) is 0.200. The molecular formula is C15H14N4O3S. The topological polar surface area (TPSA) is 97.0 Å². The number of rotatable bonds is 4. The molecule has 0 radical (unpaired) electrons. The van der Waals surface area contributed by atoms with Gasteiger partial charge in [-0.05, 0) is 36.2 Å². The van der Waals surface area contributed by atoms with Gasteiger partial charge < -0.3 is 15.0 Å². The molecule has 1 aromatic carbocycles. The number of methoxy groups -OCH3 is 1. The van der Waals surface area contributed by atoms with Crippen LogP contribution in [0.25, 0.3) is 10.9 Å². The standard InChI is InChI=1S/C15H14N4O3S/c1-8-14(23-19-18-8)15(21)16-10-3-4-11-9(7-22-2)5-13(20)17-12(11)6-10/h3-6H,7H2,1-2H3,(H,16,21)(H,17,20). The Morgan fingerprint density at radius 1 is 1.39 bits per heavy atom. The van der Waals surface area contributed by atoms with Gasteiger partial charge in [0.2, 0.25) is 5.56 Å². The molecule has 0 aliphatic heterocycles. The average Bonchev–Trinajstić information content (AvgIpc) is 2.93. The summed E-state index contributed by atoms with van der Waals surface area (Å²) >= 11 is 1.04. The van der Waals surface area contributed by atoms with Crippen molar-refractivity contribution in [3.05, 3.63) is 50.8 Å². The zero-order chi connectivity index (χ0) is 16.4. The third-order valence-corrected chi connectivity index (χ3v) is 4.17. The molecule has 2 heterocycles. The van der Waals surface area contributed by atoms with Crippen molar-refractivity contribution < 1.29 is 9.53 Å². The molecule has 118 valence electrons. The van der Waals surface area contributed by atoms with E-state index >= 15 is 0 Å². The van der Waals surface area contributed by atoms with Gasteiger partial charge in [0, 0.05) is 24.2 Å². The number of H-pyrrole nitrogens is 1. The highest BCUT2D eigenvalue weighted by Gasteiger charge is 2.13. The van der Waals surface area contributed by atoms with Crippen molar-refractivity contribution in [2.24, 2.45) is 0 Å². The van der Waals surface area contributed by atoms with Crippen molar-refractivity contribution in [1.82, 2.24) is 14.6 Å². The highest BCUT2D eigenvalue weighted by atomic mass is 32.1. The Balaban J connectivity index is 1.96. The Bertz CT molecular complexity index is 932. The molecule has 2 N–H and O–H groups in total. The number of carbonyl (C=O) groups is 1. The Labute approximate surface area is 135 Å². The first-order valence-electron chi connectivity index (χ1n) is 6.83. The lowest BCUT2D eigenvalue weighted by Crippen LogP contribution is -2.12. The number of anilines is 1. The third-order valence-electron chi connectivity index (χ3n) is 3.34. The quantitative estimate of drug-likeness (QED) is 0.763. The number of hydrogen-bond acceptors (Lipinski definition) is 6. The zero-order valence-electron chi connectivity index (χ0n) is 12.5. The number of carbonyl (C=O) groups excluding carboxylic acids is 1. The number of aromatic nitrogens is 3. The smallest absolute Gasteiger partial charge is 0.269 e. The van der Waals surface area contributed by atoms with E-state index in [0.717, 1.165) is 22.5 Å². The molecule has 2 aromatic heterocycles. The predicted molar refractivity (Wildman–Crippen MR) is 87.9 cm³/mol. The average molecular weight is 330 g/mol. The number of hydrogen-bond donors (Lipinski definition) is 2. The lowest BCUT2D eigenvalue weighted by molar-refractivity contribution is 0.103. The van der Waals surface area contributed by atoms with Gasteiger partial charge in [0.1, 0.15) is 4.88 Å². The molecule has 0 spiro atoms. The number of nitrogens with zero attached hydrogens (tertiary/aromatic N) is 2. The number of amides is 1. The van der Waals surface area contributed by atoms with Gasteiger partial charge in [-0.3, -0.25) is 9.59 Å². The summed E-state index contributed by atoms with van der Waals surface area (Å²) < 4.78 is 8.86. The van der Waals surface area contributed by atoms with Crippen LogP contribution in [0.1, 0.15) is 20.9 Å². The fourth-order valence-corrected chi connectivity index (χ4v) is 2.86. The van der Waals surface area contributed by atoms with E-state index in [1.165, 1.54) is 6.07 Å². The van der Waals surface area contributed by atoms with Gasteiger partial charge in [0.15, 0.2) is 0 Å². The highest BCUT2D eigenvalue weighted by molar-refractivity contribution is 7.08. The molecule has 0 aliphatic rings. The highest BCUT2D eigenvalue weighted by Crippen LogP contribution is 2.21. The second-order valence-electron chi connectivity index (χ2n) is 4.99. The SMILES string of the molecule is COCc1cc(=O)[nH]c2cc(NC(=O)c3snnc3C)ccc12. The van der Waals surface area contributed by atoms with Crippen LogP contribution in [-0.2, 0) is 11.3 Å². The molecule has 0 saturated carbocycles. The van der Waals surface area contributed by atoms with Crippen molar-refractivity contribution >= 4 is 34.0 Å². The van der Waals surface area contributed by atoms with Gasteiger partial charge >= 0.3 is 0 Å². The summed E-state index contributed by atoms with van der Waals surface area (Å²) in [6.45, 7) is 2.07. The monoisotopic (exact) mass is 330 g/mol. The van der Waals surface area contributed by atoms with E-state index in [1.807, 2.05) is 6.07 Å². The number of pyridine rings is 1. The van der Waals surface area contributed by atoms with Crippen LogP contribution in [0.3, 0.4) is 0 Å². The molecule has 3 aromatic rings. The fourth-order valence-electron chi connectivity index (χ4n) is 2.31. The molecule has 0 aliphatic carbocycles. The molecule has 0 bridgehead atoms. The van der Waals surface area contributed by atoms with Gasteiger partial charge in [-0.2, -0.15) is 0 Å². The number of fused-ring (bicyclic) bond motifs is 1. The van der Waals surface area contributed by atoms with E-state index in [2.05, 4.69) is 19.9 Å². The van der Waals surface area contributed by atoms with Crippen LogP contribution in [0.5, 0.6) is 0 Å². The van der Waals surface area contributed by atoms with Crippen molar-refractivity contribution in [3.8, 4) is 0 Å². The van der Waals surface area contributed by atoms with E-state index in [0.29, 0.717) is 28.4 Å². The van der Waals surface area contributed by atoms with Crippen LogP contribution >= 0.6 is 11.5 Å². The van der Waals surface area contributed by atoms with Gasteiger partial charge in [0.25, 0.3) is 5.91 Å². The molecule has 0 saturated heterocycles. The summed E-state index contributed by atoms with van der Waals surface area (Å²) in [5, 5.41) is 7.48. The molecule has 0 atom stereocenters. The van der Waals surface area contributed by atoms with Crippen LogP contribution < -0.4 is 10.9 Å². The lowest BCUT2D eigenvalue weighted by Gasteiger charge is -2.08. The third kappa shape index (κ3) is 3.13. The molecule has 7 nitrogen and oxygen atoms in total. The summed E-state index contributed by atoms with van der Waals surface area (Å²) in [6.07, 6.45) is 0. The van der Waals surface area contributed by atoms with Crippen LogP contribution in [0.15, 0.2) is 29.1 Å². The number of nitrogens with one attached hydrogen (secondary N) is 2. The van der Waals surface area contributed by atoms with Gasteiger partial charge in [-0.15, -0.1) is 5.10 Å². The predicted octanol–water partition coefficient (Wildman–Crippen LogP) is 2.09. The molecule has 23 heavy (non-hydrogen) atoms. The van der Waals surface area contributed by atoms with E-state index in [9.17, 15) is 9.59 Å². The maximum Gasteiger partial charge on any atom is 0.269 e. The Morgan fingerprint density at radius 2 is 2.22 bits per heavy atom. The second kappa shape index (κ2) is 6.27. The molecule has 1 amide bonds. The van der Waals surface area contributed by atoms with Crippen molar-refractivity contribution in [1.29, 1.82) is 0 Å². The zero-order valence-corrected chi connectivity index (χ0v) is 13.4. The maximum atomic E-state index is 12.2. The Hall–Kier alpha value is -2.58. The van der Waals surface area contributed by atoms with Crippen molar-refractivity contribution in [2.75, 3.05) is 12.4 Å². The number of aromatic amines is 1. The van der Waals surface area contributed by atoms with Crippen LogP contribution in [0.4, 0.5) is 5.69 Å². The molecule has 0 fully saturated rings. The summed E-state index contributed by atoms with van der Waals surface area (Å²) in [7, 11) is 1.58. The van der Waals surface area contributed by atoms with Crippen molar-refractivity contribution in [2.45, 2.75) is 13.5 Å². The number of ether oxygens (including phenoxy) is 1. The normalized spacial score (nSPS) is 10.9. The van der Waals surface area contributed by atoms with Crippen LogP contribution in [-0.4, -0.2) is 27.6 Å². The van der Waals surface area contributed by atoms with E-state index in [4.69, 9.17) is 4.74 Å². The van der Waals surface area contributed by atoms with Gasteiger partial charge in [-0.25, -0.2) is 0 Å². The minimum absolute atomic E-state index is 0.212. The summed E-state index contributed by atoms with van der Waals surface area (Å²) in [4.78, 5) is 27.2. The minimum atomic E-state index is -0.271. The summed E-state index contributed by atoms with van der Waals surface area (Å²) in [5.41, 5.74) is 2.40. The van der Waals surface area contributed by atoms with E-state index in [-0.39, 0.29) is 11.5 Å². The van der Waals surface area contributed by atoms with Gasteiger partial charge in [-0.1, -0.05) is 10.6 Å². The molecule has 3 rings (SSSR count). The Morgan fingerprint density at radius 3 is 2.91 bits per heavy atom. The van der Waals surface area contributed by atoms with E-state index < -0.39 is 0 Å². The summed E-state index contributed by atoms with van der Waals surface area (Å²) in [5.74, 6) is -0.271. The minimum Gasteiger partial charge on any atom is -0.380 e. The second-order valence-corrected chi connectivity index (χ2v) is 5.75. The lowest BCUT2D eigenvalue weighted by atomic mass is 10.1. The molecule has 0 unspecified atom stereocenters. The van der Waals surface area contributed by atoms with Crippen molar-refractivity contribution in [3.63, 3.8) is 0 Å². The largest absolute Gasteiger partial charge is 0.380 e. The molecule has 8 heteroatoms. The first-order chi connectivity index (χ1) is 11.1. The number of aryl methyl sites for hydroxylation is 1. The maximum absolute atomic E-state index is 12.2. The Kier molecular flexibility index (Phi) is 4.18. The van der Waals surface area contributed by atoms with E-state index in [1.54, 1.807) is 26.2 Å². The first kappa shape index (κ1) is 15.3. The van der Waals surface area contributed by atoms with Crippen LogP contribution in [0, 0.1) is 6.92 Å². The number of benzene rings is 1. The van der Waals surface area contributed by atoms with Gasteiger partial charge in [0.05, 0.1) is 17.8 Å². The summed E-state index contributed by atoms with van der Waals surface area (Å²) in [6, 6.07) is 6.85. The van der Waals surface area contributed by atoms with Crippen LogP contribution in [0.2, 0.25) is 0 Å².